The Balaban J connectivity index is 3.31. The maximum Gasteiger partial charge on any atom is 0.171 e. The van der Waals surface area contributed by atoms with Gasteiger partial charge in [0.25, 0.3) is 0 Å². The Morgan fingerprint density at radius 3 is 2.44 bits per heavy atom. The van der Waals surface area contributed by atoms with Crippen molar-refractivity contribution in [2.24, 2.45) is 5.73 Å². The molecule has 0 saturated heterocycles. The van der Waals surface area contributed by atoms with E-state index in [1.54, 1.807) is 13.2 Å². The summed E-state index contributed by atoms with van der Waals surface area (Å²) >= 11 is 0. The van der Waals surface area contributed by atoms with Crippen LogP contribution in [0.3, 0.4) is 0 Å². The lowest BCUT2D eigenvalue weighted by Crippen LogP contribution is -2.12. The second-order valence-corrected chi connectivity index (χ2v) is 3.73. The minimum atomic E-state index is -0.0934. The Hall–Kier alpha value is -1.59. The SMILES string of the molecule is COCc1ccc(OC)c(C(=O)CCN)c1OC. The van der Waals surface area contributed by atoms with Gasteiger partial charge in [-0.25, -0.2) is 0 Å². The molecule has 5 heteroatoms. The molecule has 0 unspecified atom stereocenters. The summed E-state index contributed by atoms with van der Waals surface area (Å²) in [5, 5.41) is 0. The molecule has 0 aliphatic heterocycles. The van der Waals surface area contributed by atoms with E-state index in [0.29, 0.717) is 30.2 Å². The average molecular weight is 253 g/mol. The summed E-state index contributed by atoms with van der Waals surface area (Å²) in [5.74, 6) is 0.893. The van der Waals surface area contributed by atoms with Crippen molar-refractivity contribution < 1.29 is 19.0 Å². The molecule has 0 radical (unpaired) electrons. The third kappa shape index (κ3) is 3.00. The first-order valence-electron chi connectivity index (χ1n) is 5.65. The maximum absolute atomic E-state index is 12.1. The smallest absolute Gasteiger partial charge is 0.171 e. The molecule has 5 nitrogen and oxygen atoms in total. The van der Waals surface area contributed by atoms with Gasteiger partial charge < -0.3 is 19.9 Å². The number of hydrogen-bond donors (Lipinski definition) is 1. The second kappa shape index (κ2) is 6.98. The summed E-state index contributed by atoms with van der Waals surface area (Å²) in [6, 6.07) is 3.56. The lowest BCUT2D eigenvalue weighted by molar-refractivity contribution is 0.0978. The van der Waals surface area contributed by atoms with Gasteiger partial charge in [0.1, 0.15) is 17.1 Å². The number of benzene rings is 1. The molecule has 0 spiro atoms. The van der Waals surface area contributed by atoms with Crippen molar-refractivity contribution >= 4 is 5.78 Å². The van der Waals surface area contributed by atoms with Crippen LogP contribution in [0.2, 0.25) is 0 Å². The van der Waals surface area contributed by atoms with Gasteiger partial charge in [-0.2, -0.15) is 0 Å². The molecule has 0 fully saturated rings. The van der Waals surface area contributed by atoms with Crippen LogP contribution >= 0.6 is 0 Å². The maximum atomic E-state index is 12.1. The first-order valence-corrected chi connectivity index (χ1v) is 5.65. The third-order valence-corrected chi connectivity index (χ3v) is 2.58. The fourth-order valence-corrected chi connectivity index (χ4v) is 1.80. The van der Waals surface area contributed by atoms with Crippen LogP contribution in [-0.2, 0) is 11.3 Å². The van der Waals surface area contributed by atoms with Gasteiger partial charge in [0.2, 0.25) is 0 Å². The number of ether oxygens (including phenoxy) is 3. The van der Waals surface area contributed by atoms with Crippen LogP contribution in [-0.4, -0.2) is 33.7 Å². The highest BCUT2D eigenvalue weighted by atomic mass is 16.5. The molecule has 0 aromatic heterocycles. The number of rotatable bonds is 7. The topological polar surface area (TPSA) is 70.8 Å². The minimum absolute atomic E-state index is 0.0934. The Bertz CT molecular complexity index is 418. The van der Waals surface area contributed by atoms with Crippen LogP contribution in [0.5, 0.6) is 11.5 Å². The first-order chi connectivity index (χ1) is 8.69. The zero-order valence-corrected chi connectivity index (χ0v) is 11.0. The fraction of sp³-hybridized carbons (Fsp3) is 0.462. The Morgan fingerprint density at radius 2 is 1.94 bits per heavy atom. The van der Waals surface area contributed by atoms with Gasteiger partial charge in [0.05, 0.1) is 20.8 Å². The predicted octanol–water partition coefficient (Wildman–Crippen LogP) is 1.38. The van der Waals surface area contributed by atoms with Gasteiger partial charge in [-0.05, 0) is 18.7 Å². The molecule has 100 valence electrons. The molecule has 1 rings (SSSR count). The van der Waals surface area contributed by atoms with E-state index in [1.807, 2.05) is 6.07 Å². The molecular formula is C13H19NO4. The molecule has 1 aromatic carbocycles. The summed E-state index contributed by atoms with van der Waals surface area (Å²) in [6.45, 7) is 0.662. The van der Waals surface area contributed by atoms with E-state index in [0.717, 1.165) is 5.56 Å². The number of ketones is 1. The van der Waals surface area contributed by atoms with Crippen LogP contribution in [0.4, 0.5) is 0 Å². The standard InChI is InChI=1S/C13H19NO4/c1-16-8-9-4-5-11(17-2)12(13(9)18-3)10(15)6-7-14/h4-5H,6-8,14H2,1-3H3. The number of methoxy groups -OCH3 is 3. The van der Waals surface area contributed by atoms with Gasteiger partial charge in [0, 0.05) is 19.1 Å². The van der Waals surface area contributed by atoms with Crippen molar-refractivity contribution in [1.82, 2.24) is 0 Å². The van der Waals surface area contributed by atoms with Crippen LogP contribution in [0, 0.1) is 0 Å². The lowest BCUT2D eigenvalue weighted by Gasteiger charge is -2.15. The average Bonchev–Trinajstić information content (AvgIpc) is 2.38. The Morgan fingerprint density at radius 1 is 1.22 bits per heavy atom. The van der Waals surface area contributed by atoms with Gasteiger partial charge in [-0.15, -0.1) is 0 Å². The molecule has 18 heavy (non-hydrogen) atoms. The molecule has 0 amide bonds. The number of hydrogen-bond acceptors (Lipinski definition) is 5. The Kier molecular flexibility index (Phi) is 5.61. The van der Waals surface area contributed by atoms with E-state index in [4.69, 9.17) is 19.9 Å². The number of Topliss-reactive ketones (excluding diaryl/α,β-unsaturated/α-hetero) is 1. The largest absolute Gasteiger partial charge is 0.496 e. The molecular weight excluding hydrogens is 234 g/mol. The van der Waals surface area contributed by atoms with Crippen molar-refractivity contribution in [1.29, 1.82) is 0 Å². The van der Waals surface area contributed by atoms with Crippen LogP contribution in [0.1, 0.15) is 22.3 Å². The summed E-state index contributed by atoms with van der Waals surface area (Å²) in [6.07, 6.45) is 0.253. The molecule has 0 atom stereocenters. The molecule has 0 bridgehead atoms. The highest BCUT2D eigenvalue weighted by Crippen LogP contribution is 2.33. The van der Waals surface area contributed by atoms with E-state index in [9.17, 15) is 4.79 Å². The third-order valence-electron chi connectivity index (χ3n) is 2.58. The molecule has 0 heterocycles. The molecule has 0 saturated carbocycles. The minimum Gasteiger partial charge on any atom is -0.496 e. The van der Waals surface area contributed by atoms with Gasteiger partial charge in [-0.1, -0.05) is 0 Å². The number of carbonyl (C=O) groups is 1. The van der Waals surface area contributed by atoms with Crippen molar-refractivity contribution in [3.63, 3.8) is 0 Å². The van der Waals surface area contributed by atoms with E-state index in [-0.39, 0.29) is 12.2 Å². The predicted molar refractivity (Wildman–Crippen MR) is 68.3 cm³/mol. The van der Waals surface area contributed by atoms with Crippen molar-refractivity contribution in [3.05, 3.63) is 23.3 Å². The summed E-state index contributed by atoms with van der Waals surface area (Å²) in [5.41, 5.74) is 6.66. The summed E-state index contributed by atoms with van der Waals surface area (Å²) in [7, 11) is 4.63. The molecule has 0 aliphatic carbocycles. The highest BCUT2D eigenvalue weighted by Gasteiger charge is 2.20. The number of nitrogens with two attached hydrogens (primary N) is 1. The van der Waals surface area contributed by atoms with E-state index in [1.165, 1.54) is 14.2 Å². The highest BCUT2D eigenvalue weighted by molar-refractivity contribution is 6.01. The first kappa shape index (κ1) is 14.5. The van der Waals surface area contributed by atoms with E-state index in [2.05, 4.69) is 0 Å². The van der Waals surface area contributed by atoms with E-state index >= 15 is 0 Å². The van der Waals surface area contributed by atoms with Crippen molar-refractivity contribution in [2.45, 2.75) is 13.0 Å². The van der Waals surface area contributed by atoms with Crippen molar-refractivity contribution in [3.8, 4) is 11.5 Å². The van der Waals surface area contributed by atoms with Crippen molar-refractivity contribution in [2.75, 3.05) is 27.9 Å². The lowest BCUT2D eigenvalue weighted by atomic mass is 10.0. The van der Waals surface area contributed by atoms with Crippen LogP contribution in [0.25, 0.3) is 0 Å². The van der Waals surface area contributed by atoms with E-state index < -0.39 is 0 Å². The fourth-order valence-electron chi connectivity index (χ4n) is 1.80. The van der Waals surface area contributed by atoms with Gasteiger partial charge in [0.15, 0.2) is 5.78 Å². The summed E-state index contributed by atoms with van der Waals surface area (Å²) < 4.78 is 15.6. The normalized spacial score (nSPS) is 10.2. The monoisotopic (exact) mass is 253 g/mol. The van der Waals surface area contributed by atoms with Crippen LogP contribution in [0.15, 0.2) is 12.1 Å². The molecule has 0 aliphatic rings. The molecule has 2 N–H and O–H groups in total. The summed E-state index contributed by atoms with van der Waals surface area (Å²) in [4.78, 5) is 12.1. The Labute approximate surface area is 107 Å². The zero-order chi connectivity index (χ0) is 13.5. The zero-order valence-electron chi connectivity index (χ0n) is 11.0. The quantitative estimate of drug-likeness (QED) is 0.743. The van der Waals surface area contributed by atoms with Crippen LogP contribution < -0.4 is 15.2 Å². The second-order valence-electron chi connectivity index (χ2n) is 3.73. The van der Waals surface area contributed by atoms with Gasteiger partial charge >= 0.3 is 0 Å². The number of carbonyl (C=O) groups excluding carboxylic acids is 1. The molecule has 1 aromatic rings. The van der Waals surface area contributed by atoms with Gasteiger partial charge in [-0.3, -0.25) is 4.79 Å².